The van der Waals surface area contributed by atoms with Crippen LogP contribution >= 0.6 is 8.69 Å². The molecule has 0 aromatic rings. The number of hydrogen-bond donors (Lipinski definition) is 0. The highest BCUT2D eigenvalue weighted by Gasteiger charge is 2.21. The molecule has 2 nitrogen and oxygen atoms in total. The molecule has 0 aromatic heterocycles. The highest BCUT2D eigenvalue weighted by molar-refractivity contribution is 7.17. The molecule has 1 aliphatic rings. The van der Waals surface area contributed by atoms with Crippen LogP contribution in [0.1, 0.15) is 12.8 Å². The van der Waals surface area contributed by atoms with Crippen molar-refractivity contribution in [2.24, 2.45) is 0 Å². The molecular weight excluding hydrogens is 99.0 g/mol. The summed E-state index contributed by atoms with van der Waals surface area (Å²) in [5.41, 5.74) is 0. The Kier molecular flexibility index (Phi) is 1.18. The van der Waals surface area contributed by atoms with Gasteiger partial charge in [-0.05, 0) is 12.8 Å². The van der Waals surface area contributed by atoms with E-state index >= 15 is 0 Å². The first-order chi connectivity index (χ1) is 2.93. The molecule has 0 amide bonds. The van der Waals surface area contributed by atoms with Gasteiger partial charge in [0.25, 0.3) is 0 Å². The first-order valence-electron chi connectivity index (χ1n) is 1.92. The maximum absolute atomic E-state index is 9.53. The topological polar surface area (TPSA) is 26.3 Å². The molecule has 3 heteroatoms. The lowest BCUT2D eigenvalue weighted by molar-refractivity contribution is 0.329. The van der Waals surface area contributed by atoms with Gasteiger partial charge in [0.1, 0.15) is 0 Å². The second-order valence-corrected chi connectivity index (χ2v) is 1.74. The number of hydrogen-bond acceptors (Lipinski definition) is 2. The van der Waals surface area contributed by atoms with Crippen molar-refractivity contribution < 1.29 is 9.09 Å². The zero-order valence-electron chi connectivity index (χ0n) is 3.26. The zero-order chi connectivity index (χ0) is 4.41. The minimum absolute atomic E-state index is 0.164. The standard InChI is InChI=1S/C3H5O2P/c4-6-5-3-1-2-3/h3H,1-2H2. The van der Waals surface area contributed by atoms with Gasteiger partial charge in [-0.15, -0.1) is 0 Å². The second kappa shape index (κ2) is 1.67. The van der Waals surface area contributed by atoms with Crippen molar-refractivity contribution in [1.29, 1.82) is 0 Å². The van der Waals surface area contributed by atoms with E-state index in [2.05, 4.69) is 4.52 Å². The average molecular weight is 104 g/mol. The third kappa shape index (κ3) is 1.04. The van der Waals surface area contributed by atoms with Gasteiger partial charge in [0.15, 0.2) is 0 Å². The van der Waals surface area contributed by atoms with Crippen molar-refractivity contribution in [3.63, 3.8) is 0 Å². The van der Waals surface area contributed by atoms with Crippen LogP contribution in [0.25, 0.3) is 0 Å². The maximum Gasteiger partial charge on any atom is 0.327 e. The molecule has 1 rings (SSSR count). The van der Waals surface area contributed by atoms with Crippen LogP contribution in [-0.2, 0) is 9.09 Å². The van der Waals surface area contributed by atoms with Crippen LogP contribution in [0.2, 0.25) is 0 Å². The molecule has 1 saturated carbocycles. The summed E-state index contributed by atoms with van der Waals surface area (Å²) >= 11 is 0. The molecule has 0 N–H and O–H groups in total. The van der Waals surface area contributed by atoms with Gasteiger partial charge < -0.3 is 0 Å². The molecule has 0 aromatic carbocycles. The minimum atomic E-state index is -0.164. The van der Waals surface area contributed by atoms with Crippen LogP contribution in [0.3, 0.4) is 0 Å². The van der Waals surface area contributed by atoms with Crippen molar-refractivity contribution in [2.75, 3.05) is 0 Å². The lowest BCUT2D eigenvalue weighted by atomic mass is 10.9. The van der Waals surface area contributed by atoms with E-state index in [1.807, 2.05) is 0 Å². The second-order valence-electron chi connectivity index (χ2n) is 1.38. The molecule has 0 saturated heterocycles. The van der Waals surface area contributed by atoms with E-state index in [-0.39, 0.29) is 8.69 Å². The Labute approximate surface area is 37.8 Å². The van der Waals surface area contributed by atoms with Gasteiger partial charge >= 0.3 is 8.69 Å². The predicted octanol–water partition coefficient (Wildman–Crippen LogP) is 1.37. The SMILES string of the molecule is O=POC1CC1. The molecule has 0 atom stereocenters. The summed E-state index contributed by atoms with van der Waals surface area (Å²) < 4.78 is 14.1. The summed E-state index contributed by atoms with van der Waals surface area (Å²) in [5, 5.41) is 0. The van der Waals surface area contributed by atoms with Crippen LogP contribution in [0.4, 0.5) is 0 Å². The van der Waals surface area contributed by atoms with E-state index in [4.69, 9.17) is 0 Å². The van der Waals surface area contributed by atoms with E-state index < -0.39 is 0 Å². The fourth-order valence-corrected chi connectivity index (χ4v) is 0.567. The predicted molar refractivity (Wildman–Crippen MR) is 21.7 cm³/mol. The van der Waals surface area contributed by atoms with E-state index in [9.17, 15) is 4.57 Å². The quantitative estimate of drug-likeness (QED) is 0.494. The third-order valence-electron chi connectivity index (χ3n) is 0.716. The van der Waals surface area contributed by atoms with Crippen LogP contribution in [0.15, 0.2) is 0 Å². The Morgan fingerprint density at radius 1 is 1.67 bits per heavy atom. The normalized spacial score (nSPS) is 22.0. The van der Waals surface area contributed by atoms with Crippen molar-refractivity contribution >= 4 is 8.69 Å². The van der Waals surface area contributed by atoms with Crippen LogP contribution in [0.5, 0.6) is 0 Å². The third-order valence-corrected chi connectivity index (χ3v) is 1.10. The smallest absolute Gasteiger partial charge is 0.291 e. The molecule has 0 heterocycles. The lowest BCUT2D eigenvalue weighted by Crippen LogP contribution is -1.72. The average Bonchev–Trinajstić information content (AvgIpc) is 2.21. The minimum Gasteiger partial charge on any atom is -0.291 e. The highest BCUT2D eigenvalue weighted by Crippen LogP contribution is 2.26. The summed E-state index contributed by atoms with van der Waals surface area (Å²) in [7, 11) is -0.164. The van der Waals surface area contributed by atoms with E-state index in [1.54, 1.807) is 0 Å². The molecule has 0 aliphatic heterocycles. The number of rotatable bonds is 2. The summed E-state index contributed by atoms with van der Waals surface area (Å²) in [6.07, 6.45) is 2.51. The summed E-state index contributed by atoms with van der Waals surface area (Å²) in [4.78, 5) is 0. The Balaban J connectivity index is 2.00. The van der Waals surface area contributed by atoms with Gasteiger partial charge in [0.2, 0.25) is 0 Å². The van der Waals surface area contributed by atoms with Crippen molar-refractivity contribution in [1.82, 2.24) is 0 Å². The van der Waals surface area contributed by atoms with E-state index in [0.29, 0.717) is 6.10 Å². The molecule has 6 heavy (non-hydrogen) atoms. The van der Waals surface area contributed by atoms with Crippen LogP contribution in [-0.4, -0.2) is 6.10 Å². The molecule has 0 bridgehead atoms. The van der Waals surface area contributed by atoms with Gasteiger partial charge in [0.05, 0.1) is 6.10 Å². The maximum atomic E-state index is 9.53. The molecular formula is C3H5O2P. The molecule has 1 aliphatic carbocycles. The molecule has 0 radical (unpaired) electrons. The van der Waals surface area contributed by atoms with Gasteiger partial charge in [-0.2, -0.15) is 0 Å². The van der Waals surface area contributed by atoms with Gasteiger partial charge in [0, 0.05) is 0 Å². The van der Waals surface area contributed by atoms with Crippen LogP contribution in [0, 0.1) is 0 Å². The molecule has 0 spiro atoms. The van der Waals surface area contributed by atoms with Gasteiger partial charge in [-0.1, -0.05) is 0 Å². The molecule has 34 valence electrons. The summed E-state index contributed by atoms with van der Waals surface area (Å²) in [5.74, 6) is 0. The van der Waals surface area contributed by atoms with E-state index in [0.717, 1.165) is 12.8 Å². The van der Waals surface area contributed by atoms with Gasteiger partial charge in [-0.3, -0.25) is 4.52 Å². The van der Waals surface area contributed by atoms with Crippen LogP contribution < -0.4 is 0 Å². The van der Waals surface area contributed by atoms with Crippen molar-refractivity contribution in [3.05, 3.63) is 0 Å². The lowest BCUT2D eigenvalue weighted by Gasteiger charge is -1.76. The largest absolute Gasteiger partial charge is 0.327 e. The van der Waals surface area contributed by atoms with Crippen molar-refractivity contribution in [2.45, 2.75) is 18.9 Å². The fourth-order valence-electron chi connectivity index (χ4n) is 0.234. The molecule has 0 unspecified atom stereocenters. The Morgan fingerprint density at radius 3 is 2.50 bits per heavy atom. The van der Waals surface area contributed by atoms with Crippen molar-refractivity contribution in [3.8, 4) is 0 Å². The fraction of sp³-hybridized carbons (Fsp3) is 1.00. The first kappa shape index (κ1) is 4.23. The zero-order valence-corrected chi connectivity index (χ0v) is 4.15. The Hall–Kier alpha value is 0.0600. The first-order valence-corrected chi connectivity index (χ1v) is 2.65. The summed E-state index contributed by atoms with van der Waals surface area (Å²) in [6.45, 7) is 0. The van der Waals surface area contributed by atoms with E-state index in [1.165, 1.54) is 0 Å². The Morgan fingerprint density at radius 2 is 2.33 bits per heavy atom. The summed E-state index contributed by atoms with van der Waals surface area (Å²) in [6, 6.07) is 0. The monoisotopic (exact) mass is 104 g/mol. The Bertz CT molecular complexity index is 59.8. The molecule has 1 fully saturated rings. The van der Waals surface area contributed by atoms with Gasteiger partial charge in [-0.25, -0.2) is 4.57 Å². The highest BCUT2D eigenvalue weighted by atomic mass is 31.1.